The minimum Gasteiger partial charge on any atom is -0.338 e. The Morgan fingerprint density at radius 3 is 2.74 bits per heavy atom. The number of carbonyl (C=O) groups excluding carboxylic acids is 1. The van der Waals surface area contributed by atoms with Crippen LogP contribution in [-0.2, 0) is 24.2 Å². The summed E-state index contributed by atoms with van der Waals surface area (Å²) in [7, 11) is 1.81. The summed E-state index contributed by atoms with van der Waals surface area (Å²) in [6.45, 7) is 4.52. The van der Waals surface area contributed by atoms with Gasteiger partial charge in [-0.15, -0.1) is 11.3 Å². The van der Waals surface area contributed by atoms with E-state index in [9.17, 15) is 4.79 Å². The minimum absolute atomic E-state index is 0.00294. The fourth-order valence-corrected chi connectivity index (χ4v) is 3.50. The van der Waals surface area contributed by atoms with Gasteiger partial charge in [0.1, 0.15) is 5.01 Å². The summed E-state index contributed by atoms with van der Waals surface area (Å²) in [5, 5.41) is 1.04. The second-order valence-corrected chi connectivity index (χ2v) is 6.82. The highest BCUT2D eigenvalue weighted by atomic mass is 32.1. The van der Waals surface area contributed by atoms with Crippen LogP contribution in [0.15, 0.2) is 0 Å². The lowest BCUT2D eigenvalue weighted by Gasteiger charge is -2.22. The summed E-state index contributed by atoms with van der Waals surface area (Å²) in [5.41, 5.74) is 7.15. The number of hydrogen-bond acceptors (Lipinski definition) is 4. The second kappa shape index (κ2) is 6.01. The molecule has 4 nitrogen and oxygen atoms in total. The molecule has 0 unspecified atom stereocenters. The molecule has 0 aromatic carbocycles. The van der Waals surface area contributed by atoms with Gasteiger partial charge < -0.3 is 10.6 Å². The predicted octanol–water partition coefficient (Wildman–Crippen LogP) is 1.96. The van der Waals surface area contributed by atoms with Crippen LogP contribution in [0.25, 0.3) is 0 Å². The highest BCUT2D eigenvalue weighted by Gasteiger charge is 2.23. The summed E-state index contributed by atoms with van der Waals surface area (Å²) >= 11 is 1.76. The van der Waals surface area contributed by atoms with Gasteiger partial charge in [-0.3, -0.25) is 4.79 Å². The van der Waals surface area contributed by atoms with Gasteiger partial charge in [0.2, 0.25) is 5.91 Å². The molecule has 1 heterocycles. The van der Waals surface area contributed by atoms with Crippen LogP contribution in [0.4, 0.5) is 0 Å². The smallest absolute Gasteiger partial charge is 0.239 e. The number of hydrogen-bond donors (Lipinski definition) is 1. The van der Waals surface area contributed by atoms with Crippen molar-refractivity contribution in [3.05, 3.63) is 15.6 Å². The molecule has 106 valence electrons. The van der Waals surface area contributed by atoms with E-state index < -0.39 is 6.04 Å². The van der Waals surface area contributed by atoms with Crippen LogP contribution in [0.5, 0.6) is 0 Å². The molecule has 0 radical (unpaired) electrons. The molecule has 0 saturated heterocycles. The average molecular weight is 281 g/mol. The van der Waals surface area contributed by atoms with Gasteiger partial charge in [-0.25, -0.2) is 4.98 Å². The quantitative estimate of drug-likeness (QED) is 0.918. The molecule has 1 aromatic heterocycles. The molecule has 0 fully saturated rings. The van der Waals surface area contributed by atoms with E-state index in [-0.39, 0.29) is 11.8 Å². The average Bonchev–Trinajstić information content (AvgIpc) is 2.78. The number of thiazole rings is 1. The number of aryl methyl sites for hydroxylation is 2. The van der Waals surface area contributed by atoms with Crippen molar-refractivity contribution < 1.29 is 4.79 Å². The SMILES string of the molecule is CC(C)[C@H](N)C(=O)N(C)Cc1nc2c(s1)CCCC2. The molecular formula is C14H23N3OS. The third-order valence-corrected chi connectivity index (χ3v) is 4.78. The van der Waals surface area contributed by atoms with Crippen LogP contribution in [0.2, 0.25) is 0 Å². The standard InChI is InChI=1S/C14H23N3OS/c1-9(2)13(15)14(18)17(3)8-12-16-10-6-4-5-7-11(10)19-12/h9,13H,4-8,15H2,1-3H3/t13-/m0/s1. The molecule has 1 atom stereocenters. The Hall–Kier alpha value is -0.940. The van der Waals surface area contributed by atoms with Crippen LogP contribution in [-0.4, -0.2) is 28.9 Å². The van der Waals surface area contributed by atoms with Gasteiger partial charge in [-0.2, -0.15) is 0 Å². The topological polar surface area (TPSA) is 59.2 Å². The lowest BCUT2D eigenvalue weighted by Crippen LogP contribution is -2.44. The number of fused-ring (bicyclic) bond motifs is 1. The van der Waals surface area contributed by atoms with Crippen LogP contribution in [0.1, 0.15) is 42.3 Å². The van der Waals surface area contributed by atoms with Gasteiger partial charge in [0.15, 0.2) is 0 Å². The molecule has 0 spiro atoms. The molecular weight excluding hydrogens is 258 g/mol. The first-order valence-corrected chi connectivity index (χ1v) is 7.78. The van der Waals surface area contributed by atoms with Gasteiger partial charge in [0.05, 0.1) is 18.3 Å². The highest BCUT2D eigenvalue weighted by molar-refractivity contribution is 7.11. The molecule has 1 aliphatic carbocycles. The Labute approximate surface area is 119 Å². The fraction of sp³-hybridized carbons (Fsp3) is 0.714. The Bertz CT molecular complexity index is 432. The van der Waals surface area contributed by atoms with Gasteiger partial charge in [-0.1, -0.05) is 13.8 Å². The first kappa shape index (κ1) is 14.5. The van der Waals surface area contributed by atoms with Crippen molar-refractivity contribution in [2.45, 2.75) is 52.1 Å². The molecule has 1 amide bonds. The van der Waals surface area contributed by atoms with E-state index in [0.29, 0.717) is 6.54 Å². The van der Waals surface area contributed by atoms with E-state index in [0.717, 1.165) is 17.8 Å². The predicted molar refractivity (Wildman–Crippen MR) is 78.0 cm³/mol. The summed E-state index contributed by atoms with van der Waals surface area (Å²) in [5.74, 6) is 0.169. The molecule has 19 heavy (non-hydrogen) atoms. The van der Waals surface area contributed by atoms with Crippen molar-refractivity contribution in [2.75, 3.05) is 7.05 Å². The molecule has 2 rings (SSSR count). The third kappa shape index (κ3) is 3.34. The maximum absolute atomic E-state index is 12.1. The zero-order chi connectivity index (χ0) is 14.0. The zero-order valence-corrected chi connectivity index (χ0v) is 12.8. The van der Waals surface area contributed by atoms with Crippen LogP contribution >= 0.6 is 11.3 Å². The number of likely N-dealkylation sites (N-methyl/N-ethyl adjacent to an activating group) is 1. The van der Waals surface area contributed by atoms with Crippen LogP contribution in [0.3, 0.4) is 0 Å². The van der Waals surface area contributed by atoms with Crippen LogP contribution < -0.4 is 5.73 Å². The number of amides is 1. The monoisotopic (exact) mass is 281 g/mol. The molecule has 0 saturated carbocycles. The molecule has 1 aromatic rings. The molecule has 1 aliphatic rings. The molecule has 5 heteroatoms. The van der Waals surface area contributed by atoms with Gasteiger partial charge in [0.25, 0.3) is 0 Å². The normalized spacial score (nSPS) is 16.3. The molecule has 0 aliphatic heterocycles. The van der Waals surface area contributed by atoms with E-state index >= 15 is 0 Å². The largest absolute Gasteiger partial charge is 0.338 e. The number of nitrogens with two attached hydrogens (primary N) is 1. The summed E-state index contributed by atoms with van der Waals surface area (Å²) in [4.78, 5) is 19.9. The molecule has 2 N–H and O–H groups in total. The van der Waals surface area contributed by atoms with E-state index in [1.165, 1.54) is 23.4 Å². The highest BCUT2D eigenvalue weighted by Crippen LogP contribution is 2.27. The van der Waals surface area contributed by atoms with Gasteiger partial charge in [0, 0.05) is 11.9 Å². The lowest BCUT2D eigenvalue weighted by atomic mass is 10.0. The number of carbonyl (C=O) groups is 1. The van der Waals surface area contributed by atoms with Crippen molar-refractivity contribution >= 4 is 17.2 Å². The van der Waals surface area contributed by atoms with Gasteiger partial charge in [-0.05, 0) is 31.6 Å². The Morgan fingerprint density at radius 2 is 2.11 bits per heavy atom. The van der Waals surface area contributed by atoms with Crippen molar-refractivity contribution in [1.82, 2.24) is 9.88 Å². The van der Waals surface area contributed by atoms with Crippen molar-refractivity contribution in [3.63, 3.8) is 0 Å². The minimum atomic E-state index is -0.417. The number of rotatable bonds is 4. The third-order valence-electron chi connectivity index (χ3n) is 3.64. The van der Waals surface area contributed by atoms with Crippen LogP contribution in [0, 0.1) is 5.92 Å². The second-order valence-electron chi connectivity index (χ2n) is 5.65. The van der Waals surface area contributed by atoms with E-state index in [1.807, 2.05) is 20.9 Å². The van der Waals surface area contributed by atoms with Gasteiger partial charge >= 0.3 is 0 Å². The Balaban J connectivity index is 2.00. The summed E-state index contributed by atoms with van der Waals surface area (Å²) in [6, 6.07) is -0.417. The maximum atomic E-state index is 12.1. The zero-order valence-electron chi connectivity index (χ0n) is 12.0. The number of aromatic nitrogens is 1. The molecule has 0 bridgehead atoms. The van der Waals surface area contributed by atoms with Crippen molar-refractivity contribution in [2.24, 2.45) is 11.7 Å². The van der Waals surface area contributed by atoms with Crippen molar-refractivity contribution in [3.8, 4) is 0 Å². The fourth-order valence-electron chi connectivity index (χ4n) is 2.29. The Morgan fingerprint density at radius 1 is 1.42 bits per heavy atom. The Kier molecular flexibility index (Phi) is 4.58. The van der Waals surface area contributed by atoms with E-state index in [4.69, 9.17) is 5.73 Å². The lowest BCUT2D eigenvalue weighted by molar-refractivity contribution is -0.132. The maximum Gasteiger partial charge on any atom is 0.239 e. The summed E-state index contributed by atoms with van der Waals surface area (Å²) in [6.07, 6.45) is 4.75. The number of nitrogens with zero attached hydrogens (tertiary/aromatic N) is 2. The first-order chi connectivity index (χ1) is 8.99. The summed E-state index contributed by atoms with van der Waals surface area (Å²) < 4.78 is 0. The van der Waals surface area contributed by atoms with E-state index in [2.05, 4.69) is 4.98 Å². The van der Waals surface area contributed by atoms with Crippen molar-refractivity contribution in [1.29, 1.82) is 0 Å². The first-order valence-electron chi connectivity index (χ1n) is 6.97. The van der Waals surface area contributed by atoms with E-state index in [1.54, 1.807) is 16.2 Å².